The van der Waals surface area contributed by atoms with Crippen molar-refractivity contribution in [2.45, 2.75) is 12.3 Å². The van der Waals surface area contributed by atoms with E-state index in [4.69, 9.17) is 0 Å². The van der Waals surface area contributed by atoms with Gasteiger partial charge in [0.05, 0.1) is 5.92 Å². The number of amides is 2. The Balaban J connectivity index is 2.28. The lowest BCUT2D eigenvalue weighted by Crippen LogP contribution is -2.21. The van der Waals surface area contributed by atoms with Crippen LogP contribution in [-0.4, -0.2) is 11.8 Å². The van der Waals surface area contributed by atoms with Crippen molar-refractivity contribution in [2.75, 3.05) is 0 Å². The molecule has 0 spiro atoms. The molecule has 1 heterocycles. The van der Waals surface area contributed by atoms with Gasteiger partial charge in [0.2, 0.25) is 11.8 Å². The Morgan fingerprint density at radius 1 is 1.15 bits per heavy atom. The average Bonchev–Trinajstić information content (AvgIpc) is 2.47. The Hall–Kier alpha value is -1.64. The Labute approximate surface area is 75.8 Å². The fourth-order valence-corrected chi connectivity index (χ4v) is 1.51. The van der Waals surface area contributed by atoms with Crippen LogP contribution in [0, 0.1) is 0 Å². The fourth-order valence-electron chi connectivity index (χ4n) is 1.51. The second-order valence-corrected chi connectivity index (χ2v) is 3.08. The molecule has 3 nitrogen and oxygen atoms in total. The van der Waals surface area contributed by atoms with Gasteiger partial charge < -0.3 is 0 Å². The molecule has 0 bridgehead atoms. The molecule has 0 aromatic heterocycles. The number of carbonyl (C=O) groups is 2. The van der Waals surface area contributed by atoms with Crippen molar-refractivity contribution >= 4 is 11.8 Å². The molecule has 1 aliphatic heterocycles. The minimum Gasteiger partial charge on any atom is -0.296 e. The minimum absolute atomic E-state index is 0.182. The van der Waals surface area contributed by atoms with Crippen LogP contribution < -0.4 is 5.32 Å². The highest BCUT2D eigenvalue weighted by molar-refractivity contribution is 6.06. The maximum Gasteiger partial charge on any atom is 0.234 e. The normalized spacial score (nSPS) is 21.7. The summed E-state index contributed by atoms with van der Waals surface area (Å²) in [6, 6.07) is 9.35. The molecule has 0 radical (unpaired) electrons. The van der Waals surface area contributed by atoms with E-state index in [0.717, 1.165) is 5.56 Å². The van der Waals surface area contributed by atoms with Crippen LogP contribution in [0.25, 0.3) is 0 Å². The molecule has 1 aromatic rings. The van der Waals surface area contributed by atoms with E-state index in [1.807, 2.05) is 30.3 Å². The molecule has 1 atom stereocenters. The van der Waals surface area contributed by atoms with Crippen molar-refractivity contribution in [3.8, 4) is 0 Å². The molecule has 66 valence electrons. The van der Waals surface area contributed by atoms with Gasteiger partial charge in [0, 0.05) is 6.42 Å². The van der Waals surface area contributed by atoms with Gasteiger partial charge in [-0.2, -0.15) is 0 Å². The highest BCUT2D eigenvalue weighted by Crippen LogP contribution is 2.23. The Morgan fingerprint density at radius 3 is 2.38 bits per heavy atom. The minimum atomic E-state index is -0.284. The molecular formula is C10H9NO2. The molecule has 2 rings (SSSR count). The van der Waals surface area contributed by atoms with Crippen LogP contribution in [0.2, 0.25) is 0 Å². The number of benzene rings is 1. The Bertz CT molecular complexity index is 345. The number of rotatable bonds is 1. The summed E-state index contributed by atoms with van der Waals surface area (Å²) in [5.41, 5.74) is 0.908. The average molecular weight is 175 g/mol. The predicted octanol–water partition coefficient (Wildman–Crippen LogP) is 0.817. The lowest BCUT2D eigenvalue weighted by atomic mass is 9.98. The van der Waals surface area contributed by atoms with Gasteiger partial charge in [-0.15, -0.1) is 0 Å². The highest BCUT2D eigenvalue weighted by Gasteiger charge is 2.31. The SMILES string of the molecule is O=C1C[C@H](c2ccccc2)C(=O)N1. The molecule has 0 saturated carbocycles. The van der Waals surface area contributed by atoms with Crippen LogP contribution in [0.1, 0.15) is 17.9 Å². The number of hydrogen-bond donors (Lipinski definition) is 1. The van der Waals surface area contributed by atoms with Crippen LogP contribution in [0.15, 0.2) is 30.3 Å². The lowest BCUT2D eigenvalue weighted by molar-refractivity contribution is -0.125. The van der Waals surface area contributed by atoms with Crippen molar-refractivity contribution in [3.05, 3.63) is 35.9 Å². The topological polar surface area (TPSA) is 46.2 Å². The quantitative estimate of drug-likeness (QED) is 0.642. The van der Waals surface area contributed by atoms with Crippen LogP contribution in [0.5, 0.6) is 0 Å². The fraction of sp³-hybridized carbons (Fsp3) is 0.200. The zero-order chi connectivity index (χ0) is 9.26. The van der Waals surface area contributed by atoms with Gasteiger partial charge in [0.15, 0.2) is 0 Å². The molecule has 1 aromatic carbocycles. The van der Waals surface area contributed by atoms with E-state index in [1.165, 1.54) is 0 Å². The number of hydrogen-bond acceptors (Lipinski definition) is 2. The third kappa shape index (κ3) is 1.45. The van der Waals surface area contributed by atoms with E-state index in [0.29, 0.717) is 0 Å². The van der Waals surface area contributed by atoms with Gasteiger partial charge in [0.25, 0.3) is 0 Å². The molecule has 0 unspecified atom stereocenters. The van der Waals surface area contributed by atoms with Gasteiger partial charge in [-0.3, -0.25) is 14.9 Å². The number of carbonyl (C=O) groups excluding carboxylic acids is 2. The molecule has 3 heteroatoms. The van der Waals surface area contributed by atoms with Crippen molar-refractivity contribution in [1.82, 2.24) is 5.32 Å². The van der Waals surface area contributed by atoms with Crippen molar-refractivity contribution in [1.29, 1.82) is 0 Å². The smallest absolute Gasteiger partial charge is 0.234 e. The van der Waals surface area contributed by atoms with E-state index in [-0.39, 0.29) is 24.2 Å². The first-order chi connectivity index (χ1) is 6.27. The van der Waals surface area contributed by atoms with Crippen molar-refractivity contribution in [2.24, 2.45) is 0 Å². The third-order valence-electron chi connectivity index (χ3n) is 2.17. The molecule has 13 heavy (non-hydrogen) atoms. The molecule has 1 fully saturated rings. The molecule has 1 saturated heterocycles. The standard InChI is InChI=1S/C10H9NO2/c12-9-6-8(10(13)11-9)7-4-2-1-3-5-7/h1-5,8H,6H2,(H,11,12,13)/t8-/m1/s1. The summed E-state index contributed by atoms with van der Waals surface area (Å²) in [5, 5.41) is 2.29. The van der Waals surface area contributed by atoms with Crippen molar-refractivity contribution < 1.29 is 9.59 Å². The second-order valence-electron chi connectivity index (χ2n) is 3.08. The molecule has 0 aliphatic carbocycles. The zero-order valence-electron chi connectivity index (χ0n) is 6.99. The van der Waals surface area contributed by atoms with Crippen LogP contribution in [0.4, 0.5) is 0 Å². The second kappa shape index (κ2) is 3.01. The van der Waals surface area contributed by atoms with E-state index in [9.17, 15) is 9.59 Å². The van der Waals surface area contributed by atoms with Gasteiger partial charge >= 0.3 is 0 Å². The molecule has 2 amide bonds. The first-order valence-electron chi connectivity index (χ1n) is 4.16. The summed E-state index contributed by atoms with van der Waals surface area (Å²) in [5.74, 6) is -0.649. The zero-order valence-corrected chi connectivity index (χ0v) is 6.99. The molecule has 1 N–H and O–H groups in total. The summed E-state index contributed by atoms with van der Waals surface area (Å²) in [4.78, 5) is 22.2. The summed E-state index contributed by atoms with van der Waals surface area (Å²) < 4.78 is 0. The first-order valence-corrected chi connectivity index (χ1v) is 4.16. The van der Waals surface area contributed by atoms with Gasteiger partial charge in [0.1, 0.15) is 0 Å². The summed E-state index contributed by atoms with van der Waals surface area (Å²) in [6.07, 6.45) is 0.281. The summed E-state index contributed by atoms with van der Waals surface area (Å²) in [6.45, 7) is 0. The van der Waals surface area contributed by atoms with Crippen LogP contribution in [-0.2, 0) is 9.59 Å². The number of nitrogens with one attached hydrogen (secondary N) is 1. The van der Waals surface area contributed by atoms with Crippen molar-refractivity contribution in [3.63, 3.8) is 0 Å². The van der Waals surface area contributed by atoms with E-state index in [1.54, 1.807) is 0 Å². The third-order valence-corrected chi connectivity index (χ3v) is 2.17. The summed E-state index contributed by atoms with van der Waals surface area (Å²) >= 11 is 0. The van der Waals surface area contributed by atoms with Gasteiger partial charge in [-0.1, -0.05) is 30.3 Å². The largest absolute Gasteiger partial charge is 0.296 e. The predicted molar refractivity (Wildman–Crippen MR) is 46.9 cm³/mol. The summed E-state index contributed by atoms with van der Waals surface area (Å²) in [7, 11) is 0. The lowest BCUT2D eigenvalue weighted by Gasteiger charge is -2.04. The Kier molecular flexibility index (Phi) is 1.85. The monoisotopic (exact) mass is 175 g/mol. The molecule has 1 aliphatic rings. The van der Waals surface area contributed by atoms with Gasteiger partial charge in [-0.25, -0.2) is 0 Å². The maximum atomic E-state index is 11.3. The van der Waals surface area contributed by atoms with Crippen LogP contribution >= 0.6 is 0 Å². The Morgan fingerprint density at radius 2 is 1.85 bits per heavy atom. The first kappa shape index (κ1) is 7.98. The molecular weight excluding hydrogens is 166 g/mol. The van der Waals surface area contributed by atoms with Crippen LogP contribution in [0.3, 0.4) is 0 Å². The van der Waals surface area contributed by atoms with E-state index in [2.05, 4.69) is 5.32 Å². The maximum absolute atomic E-state index is 11.3. The van der Waals surface area contributed by atoms with E-state index >= 15 is 0 Å². The highest BCUT2D eigenvalue weighted by atomic mass is 16.2. The van der Waals surface area contributed by atoms with Gasteiger partial charge in [-0.05, 0) is 5.56 Å². The number of imide groups is 1. The van der Waals surface area contributed by atoms with E-state index < -0.39 is 0 Å².